The van der Waals surface area contributed by atoms with Crippen molar-refractivity contribution < 1.29 is 18.8 Å². The number of amides is 3. The molecular weight excluding hydrogens is 437 g/mol. The number of nitrogens with one attached hydrogen (secondary N) is 1. The van der Waals surface area contributed by atoms with Crippen molar-refractivity contribution in [1.82, 2.24) is 20.1 Å². The molecule has 0 radical (unpaired) electrons. The number of piperidine rings is 2. The van der Waals surface area contributed by atoms with E-state index in [1.165, 1.54) is 17.0 Å². The normalized spacial score (nSPS) is 21.4. The Morgan fingerprint density at radius 1 is 1.15 bits per heavy atom. The van der Waals surface area contributed by atoms with Crippen LogP contribution in [-0.4, -0.2) is 51.6 Å². The summed E-state index contributed by atoms with van der Waals surface area (Å²) in [5.41, 5.74) is 3.37. The van der Waals surface area contributed by atoms with E-state index in [0.717, 1.165) is 42.8 Å². The summed E-state index contributed by atoms with van der Waals surface area (Å²) in [5, 5.41) is 11.4. The molecule has 2 fully saturated rings. The first kappa shape index (κ1) is 22.2. The molecule has 3 aliphatic rings. The van der Waals surface area contributed by atoms with Crippen LogP contribution in [0.4, 0.5) is 4.39 Å². The number of pyridine rings is 1. The van der Waals surface area contributed by atoms with Crippen molar-refractivity contribution >= 4 is 17.7 Å². The van der Waals surface area contributed by atoms with E-state index >= 15 is 0 Å². The summed E-state index contributed by atoms with van der Waals surface area (Å²) in [6.45, 7) is 2.48. The van der Waals surface area contributed by atoms with Crippen LogP contribution in [0.2, 0.25) is 0 Å². The van der Waals surface area contributed by atoms with Gasteiger partial charge in [0.05, 0.1) is 17.3 Å². The second kappa shape index (κ2) is 8.95. The van der Waals surface area contributed by atoms with Crippen molar-refractivity contribution in [3.63, 3.8) is 0 Å². The fourth-order valence-electron chi connectivity index (χ4n) is 5.28. The summed E-state index contributed by atoms with van der Waals surface area (Å²) in [7, 11) is 0. The van der Waals surface area contributed by atoms with Crippen LogP contribution in [0.15, 0.2) is 30.5 Å². The number of aromatic nitrogens is 1. The van der Waals surface area contributed by atoms with Gasteiger partial charge >= 0.3 is 0 Å². The molecule has 0 spiro atoms. The van der Waals surface area contributed by atoms with Crippen LogP contribution in [-0.2, 0) is 22.7 Å². The SMILES string of the molecule is N#Cc1ccnc(CN2CCC(c3cc(F)cc4c3CN(C3CCC(=O)NC3=O)C4=O)CC2)c1. The van der Waals surface area contributed by atoms with Gasteiger partial charge in [0.15, 0.2) is 0 Å². The van der Waals surface area contributed by atoms with Gasteiger partial charge in [-0.15, -0.1) is 0 Å². The van der Waals surface area contributed by atoms with Gasteiger partial charge < -0.3 is 4.90 Å². The summed E-state index contributed by atoms with van der Waals surface area (Å²) >= 11 is 0. The average molecular weight is 461 g/mol. The number of rotatable bonds is 4. The Hall–Kier alpha value is -3.64. The molecule has 2 aromatic rings. The number of likely N-dealkylation sites (tertiary alicyclic amines) is 1. The molecule has 34 heavy (non-hydrogen) atoms. The molecule has 2 saturated heterocycles. The fraction of sp³-hybridized carbons (Fsp3) is 0.400. The molecule has 1 aromatic heterocycles. The molecule has 3 aliphatic heterocycles. The van der Waals surface area contributed by atoms with E-state index in [1.807, 2.05) is 0 Å². The van der Waals surface area contributed by atoms with Crippen LogP contribution in [0.25, 0.3) is 0 Å². The Bertz CT molecular complexity index is 1220. The summed E-state index contributed by atoms with van der Waals surface area (Å²) in [4.78, 5) is 45.0. The van der Waals surface area contributed by atoms with Crippen molar-refractivity contribution in [3.05, 3.63) is 64.2 Å². The van der Waals surface area contributed by atoms with Crippen molar-refractivity contribution in [2.75, 3.05) is 13.1 Å². The van der Waals surface area contributed by atoms with E-state index in [9.17, 15) is 18.8 Å². The molecule has 4 heterocycles. The summed E-state index contributed by atoms with van der Waals surface area (Å²) < 4.78 is 14.5. The van der Waals surface area contributed by atoms with E-state index in [2.05, 4.69) is 21.3 Å². The lowest BCUT2D eigenvalue weighted by Crippen LogP contribution is -2.52. The number of imide groups is 1. The van der Waals surface area contributed by atoms with E-state index in [1.54, 1.807) is 18.3 Å². The van der Waals surface area contributed by atoms with Crippen LogP contribution < -0.4 is 5.32 Å². The van der Waals surface area contributed by atoms with Crippen molar-refractivity contribution in [1.29, 1.82) is 5.26 Å². The largest absolute Gasteiger partial charge is 0.322 e. The maximum absolute atomic E-state index is 14.5. The lowest BCUT2D eigenvalue weighted by Gasteiger charge is -2.33. The number of hydrogen-bond acceptors (Lipinski definition) is 6. The van der Waals surface area contributed by atoms with Gasteiger partial charge in [0, 0.05) is 31.3 Å². The lowest BCUT2D eigenvalue weighted by atomic mass is 9.85. The molecule has 1 N–H and O–H groups in total. The smallest absolute Gasteiger partial charge is 0.255 e. The first-order chi connectivity index (χ1) is 16.4. The number of hydrogen-bond donors (Lipinski definition) is 1. The van der Waals surface area contributed by atoms with Gasteiger partial charge in [-0.3, -0.25) is 29.6 Å². The Labute approximate surface area is 196 Å². The van der Waals surface area contributed by atoms with Crippen LogP contribution in [0.5, 0.6) is 0 Å². The maximum atomic E-state index is 14.5. The third-order valence-corrected chi connectivity index (χ3v) is 7.01. The molecule has 3 amide bonds. The Balaban J connectivity index is 1.31. The quantitative estimate of drug-likeness (QED) is 0.700. The summed E-state index contributed by atoms with van der Waals surface area (Å²) in [5.74, 6) is -1.51. The topological polar surface area (TPSA) is 106 Å². The molecule has 1 unspecified atom stereocenters. The molecule has 1 aromatic carbocycles. The standard InChI is InChI=1S/C25H24FN5O3/c26-17-10-19(16-4-7-30(8-5-16)13-18-9-15(12-27)3-6-28-18)21-14-31(25(34)20(21)11-17)22-1-2-23(32)29-24(22)33/h3,6,9-11,16,22H,1-2,4-5,7-8,13-14H2,(H,29,32,33). The van der Waals surface area contributed by atoms with Crippen LogP contribution in [0, 0.1) is 17.1 Å². The minimum absolute atomic E-state index is 0.105. The number of halogens is 1. The molecule has 174 valence electrons. The Morgan fingerprint density at radius 2 is 1.94 bits per heavy atom. The lowest BCUT2D eigenvalue weighted by molar-refractivity contribution is -0.136. The van der Waals surface area contributed by atoms with Crippen molar-refractivity contribution in [2.45, 2.75) is 50.7 Å². The van der Waals surface area contributed by atoms with E-state index in [4.69, 9.17) is 5.26 Å². The minimum atomic E-state index is -0.716. The van der Waals surface area contributed by atoms with Gasteiger partial charge in [-0.05, 0) is 73.7 Å². The summed E-state index contributed by atoms with van der Waals surface area (Å²) in [6.07, 6.45) is 3.72. The average Bonchev–Trinajstić information content (AvgIpc) is 3.15. The minimum Gasteiger partial charge on any atom is -0.322 e. The highest BCUT2D eigenvalue weighted by atomic mass is 19.1. The predicted molar refractivity (Wildman–Crippen MR) is 119 cm³/mol. The number of carbonyl (C=O) groups is 3. The molecule has 5 rings (SSSR count). The van der Waals surface area contributed by atoms with Crippen LogP contribution >= 0.6 is 0 Å². The molecule has 8 nitrogen and oxygen atoms in total. The van der Waals surface area contributed by atoms with E-state index < -0.39 is 17.8 Å². The van der Waals surface area contributed by atoms with Gasteiger partial charge in [-0.1, -0.05) is 0 Å². The highest BCUT2D eigenvalue weighted by Gasteiger charge is 2.41. The van der Waals surface area contributed by atoms with Gasteiger partial charge in [-0.2, -0.15) is 5.26 Å². The molecular formula is C25H24FN5O3. The number of fused-ring (bicyclic) bond motifs is 1. The van der Waals surface area contributed by atoms with Gasteiger partial charge in [0.25, 0.3) is 5.91 Å². The van der Waals surface area contributed by atoms with Gasteiger partial charge in [-0.25, -0.2) is 4.39 Å². The molecule has 0 aliphatic carbocycles. The fourth-order valence-corrected chi connectivity index (χ4v) is 5.28. The van der Waals surface area contributed by atoms with Crippen LogP contribution in [0.3, 0.4) is 0 Å². The second-order valence-electron chi connectivity index (χ2n) is 9.12. The van der Waals surface area contributed by atoms with Crippen molar-refractivity contribution in [2.24, 2.45) is 0 Å². The first-order valence-corrected chi connectivity index (χ1v) is 11.5. The summed E-state index contributed by atoms with van der Waals surface area (Å²) in [6, 6.07) is 7.67. The van der Waals surface area contributed by atoms with Gasteiger partial charge in [0.2, 0.25) is 11.8 Å². The third kappa shape index (κ3) is 4.17. The predicted octanol–water partition coefficient (Wildman–Crippen LogP) is 2.23. The zero-order valence-electron chi connectivity index (χ0n) is 18.6. The zero-order chi connectivity index (χ0) is 23.8. The first-order valence-electron chi connectivity index (χ1n) is 11.5. The number of carbonyl (C=O) groups excluding carboxylic acids is 3. The molecule has 0 saturated carbocycles. The third-order valence-electron chi connectivity index (χ3n) is 7.01. The monoisotopic (exact) mass is 461 g/mol. The van der Waals surface area contributed by atoms with E-state index in [-0.39, 0.29) is 37.1 Å². The second-order valence-corrected chi connectivity index (χ2v) is 9.12. The van der Waals surface area contributed by atoms with Gasteiger partial charge in [0.1, 0.15) is 11.9 Å². The highest BCUT2D eigenvalue weighted by Crippen LogP contribution is 2.38. The molecule has 1 atom stereocenters. The highest BCUT2D eigenvalue weighted by molar-refractivity contribution is 6.05. The maximum Gasteiger partial charge on any atom is 0.255 e. The molecule has 0 bridgehead atoms. The van der Waals surface area contributed by atoms with Crippen molar-refractivity contribution in [3.8, 4) is 6.07 Å². The Morgan fingerprint density at radius 3 is 2.68 bits per heavy atom. The number of nitriles is 1. The number of benzene rings is 1. The van der Waals surface area contributed by atoms with Crippen LogP contribution in [0.1, 0.15) is 64.3 Å². The molecule has 9 heteroatoms. The Kier molecular flexibility index (Phi) is 5.84. The number of nitrogens with zero attached hydrogens (tertiary/aromatic N) is 4. The zero-order valence-corrected chi connectivity index (χ0v) is 18.6. The van der Waals surface area contributed by atoms with E-state index in [0.29, 0.717) is 17.7 Å².